The van der Waals surface area contributed by atoms with Crippen LogP contribution in [-0.4, -0.2) is 60.9 Å². The minimum atomic E-state index is -0.606. The van der Waals surface area contributed by atoms with Gasteiger partial charge in [0.25, 0.3) is 0 Å². The van der Waals surface area contributed by atoms with Crippen molar-refractivity contribution in [2.45, 2.75) is 88.5 Å². The van der Waals surface area contributed by atoms with Gasteiger partial charge in [-0.1, -0.05) is 36.4 Å². The van der Waals surface area contributed by atoms with Crippen molar-refractivity contribution in [2.75, 3.05) is 11.5 Å². The molecule has 2 fully saturated rings. The number of nitrogens with zero attached hydrogens (tertiary/aromatic N) is 8. The number of hydrogen-bond donors (Lipinski definition) is 4. The molecule has 14 heteroatoms. The third kappa shape index (κ3) is 8.65. The molecule has 14 nitrogen and oxygen atoms in total. The number of nitrogen functional groups attached to an aromatic ring is 2. The predicted molar refractivity (Wildman–Crippen MR) is 240 cm³/mol. The topological polar surface area (TPSA) is 198 Å². The predicted octanol–water partition coefficient (Wildman–Crippen LogP) is 9.47. The minimum absolute atomic E-state index is 0.173. The molecular weight excluding hydrogens is 781 g/mol. The van der Waals surface area contributed by atoms with Gasteiger partial charge in [0.1, 0.15) is 58.7 Å². The lowest BCUT2D eigenvalue weighted by molar-refractivity contribution is 0.00859. The van der Waals surface area contributed by atoms with Crippen LogP contribution in [0.4, 0.5) is 11.6 Å². The van der Waals surface area contributed by atoms with Crippen molar-refractivity contribution in [1.82, 2.24) is 39.5 Å². The van der Waals surface area contributed by atoms with Crippen LogP contribution < -0.4 is 20.9 Å². The number of ether oxygens (including phenoxy) is 2. The summed E-state index contributed by atoms with van der Waals surface area (Å²) in [4.78, 5) is 17.4. The Balaban J connectivity index is 0.000000158. The zero-order valence-electron chi connectivity index (χ0n) is 34.8. The molecular formula is C48H50N10O4. The first-order valence-electron chi connectivity index (χ1n) is 21.1. The summed E-state index contributed by atoms with van der Waals surface area (Å²) in [5.74, 6) is 3.90. The zero-order valence-corrected chi connectivity index (χ0v) is 34.8. The number of aromatic nitrogens is 8. The van der Waals surface area contributed by atoms with Crippen LogP contribution in [0.5, 0.6) is 23.0 Å². The SMILES string of the molecule is CC1(O)CCC(n2nc(-c3ccc(Oc4ccccc4)cc3)c3c(N)ncnc32)CC1.CC1(O)CCC(n2nc(-c3ccc(Oc4ccccc4)cc3)c3c(N)ncnc32)CC1. The molecule has 2 saturated carbocycles. The van der Waals surface area contributed by atoms with E-state index >= 15 is 0 Å². The highest BCUT2D eigenvalue weighted by Gasteiger charge is 2.33. The summed E-state index contributed by atoms with van der Waals surface area (Å²) in [6.07, 6.45) is 9.29. The lowest BCUT2D eigenvalue weighted by Crippen LogP contribution is -2.31. The quantitative estimate of drug-likeness (QED) is 0.113. The standard InChI is InChI=1S/2C24H25N5O2/c2*1-24(30)13-11-17(12-14-24)29-23-20(22(25)26-15-27-23)21(28-29)16-7-9-19(10-8-16)31-18-5-3-2-4-6-18/h2*2-10,15,17,30H,11-14H2,1H3,(H2,25,26,27). The number of nitrogens with two attached hydrogens (primary N) is 2. The molecule has 0 bridgehead atoms. The number of anilines is 2. The number of hydrogen-bond acceptors (Lipinski definition) is 12. The van der Waals surface area contributed by atoms with Crippen molar-refractivity contribution in [1.29, 1.82) is 0 Å². The van der Waals surface area contributed by atoms with E-state index in [-0.39, 0.29) is 12.1 Å². The van der Waals surface area contributed by atoms with Gasteiger partial charge < -0.3 is 31.2 Å². The van der Waals surface area contributed by atoms with Crippen LogP contribution in [0.25, 0.3) is 44.6 Å². The highest BCUT2D eigenvalue weighted by molar-refractivity contribution is 5.99. The highest BCUT2D eigenvalue weighted by atomic mass is 16.5. The van der Waals surface area contributed by atoms with E-state index in [2.05, 4.69) is 19.9 Å². The Kier molecular flexibility index (Phi) is 11.0. The van der Waals surface area contributed by atoms with Crippen molar-refractivity contribution in [2.24, 2.45) is 0 Å². The molecule has 316 valence electrons. The number of rotatable bonds is 8. The molecule has 0 amide bonds. The molecule has 4 aromatic heterocycles. The van der Waals surface area contributed by atoms with Gasteiger partial charge in [0, 0.05) is 11.1 Å². The summed E-state index contributed by atoms with van der Waals surface area (Å²) in [5, 5.41) is 32.0. The summed E-state index contributed by atoms with van der Waals surface area (Å²) in [7, 11) is 0. The van der Waals surface area contributed by atoms with Crippen LogP contribution in [0.2, 0.25) is 0 Å². The van der Waals surface area contributed by atoms with E-state index in [1.807, 2.05) is 132 Å². The second kappa shape index (κ2) is 16.9. The average Bonchev–Trinajstić information content (AvgIpc) is 3.87. The first-order chi connectivity index (χ1) is 30.0. The number of benzene rings is 4. The third-order valence-corrected chi connectivity index (χ3v) is 12.0. The molecule has 8 aromatic rings. The highest BCUT2D eigenvalue weighted by Crippen LogP contribution is 2.41. The van der Waals surface area contributed by atoms with Gasteiger partial charge in [-0.2, -0.15) is 10.2 Å². The van der Waals surface area contributed by atoms with E-state index < -0.39 is 11.2 Å². The lowest BCUT2D eigenvalue weighted by atomic mass is 9.84. The molecule has 62 heavy (non-hydrogen) atoms. The molecule has 2 aliphatic carbocycles. The summed E-state index contributed by atoms with van der Waals surface area (Å²) < 4.78 is 15.7. The Morgan fingerprint density at radius 1 is 0.500 bits per heavy atom. The molecule has 0 aliphatic heterocycles. The number of aliphatic hydroxyl groups is 2. The number of fused-ring (bicyclic) bond motifs is 2. The van der Waals surface area contributed by atoms with Gasteiger partial charge >= 0.3 is 0 Å². The van der Waals surface area contributed by atoms with Crippen LogP contribution in [0.15, 0.2) is 122 Å². The maximum absolute atomic E-state index is 10.3. The van der Waals surface area contributed by atoms with Crippen molar-refractivity contribution in [3.05, 3.63) is 122 Å². The van der Waals surface area contributed by atoms with Crippen LogP contribution in [-0.2, 0) is 0 Å². The van der Waals surface area contributed by atoms with Crippen molar-refractivity contribution < 1.29 is 19.7 Å². The fourth-order valence-electron chi connectivity index (χ4n) is 8.45. The molecule has 0 atom stereocenters. The summed E-state index contributed by atoms with van der Waals surface area (Å²) >= 11 is 0. The number of para-hydroxylation sites is 2. The monoisotopic (exact) mass is 830 g/mol. The molecule has 4 heterocycles. The minimum Gasteiger partial charge on any atom is -0.457 e. The van der Waals surface area contributed by atoms with Crippen molar-refractivity contribution in [3.63, 3.8) is 0 Å². The largest absolute Gasteiger partial charge is 0.457 e. The first kappa shape index (κ1) is 40.5. The Hall–Kier alpha value is -6.90. The molecule has 2 aliphatic rings. The summed E-state index contributed by atoms with van der Waals surface area (Å²) in [6.45, 7) is 3.80. The Bertz CT molecular complexity index is 2580. The smallest absolute Gasteiger partial charge is 0.164 e. The lowest BCUT2D eigenvalue weighted by Gasteiger charge is -2.33. The third-order valence-electron chi connectivity index (χ3n) is 12.0. The first-order valence-corrected chi connectivity index (χ1v) is 21.1. The molecule has 10 rings (SSSR count). The van der Waals surface area contributed by atoms with E-state index in [1.165, 1.54) is 12.7 Å². The second-order valence-electron chi connectivity index (χ2n) is 16.8. The van der Waals surface area contributed by atoms with E-state index in [4.69, 9.17) is 31.1 Å². The molecule has 0 radical (unpaired) electrons. The Labute approximate surface area is 359 Å². The van der Waals surface area contributed by atoms with Gasteiger partial charge in [-0.15, -0.1) is 0 Å². The van der Waals surface area contributed by atoms with Crippen molar-refractivity contribution >= 4 is 33.7 Å². The molecule has 6 N–H and O–H groups in total. The Morgan fingerprint density at radius 3 is 1.19 bits per heavy atom. The maximum atomic E-state index is 10.3. The second-order valence-corrected chi connectivity index (χ2v) is 16.8. The molecule has 0 saturated heterocycles. The fourth-order valence-corrected chi connectivity index (χ4v) is 8.45. The maximum Gasteiger partial charge on any atom is 0.164 e. The average molecular weight is 831 g/mol. The van der Waals surface area contributed by atoms with Gasteiger partial charge in [0.05, 0.1) is 34.1 Å². The van der Waals surface area contributed by atoms with Gasteiger partial charge in [0.15, 0.2) is 11.3 Å². The fraction of sp³-hybridized carbons (Fsp3) is 0.292. The van der Waals surface area contributed by atoms with E-state index in [9.17, 15) is 10.2 Å². The van der Waals surface area contributed by atoms with E-state index in [0.717, 1.165) is 119 Å². The van der Waals surface area contributed by atoms with Crippen molar-refractivity contribution in [3.8, 4) is 45.5 Å². The van der Waals surface area contributed by atoms with E-state index in [1.54, 1.807) is 0 Å². The van der Waals surface area contributed by atoms with Gasteiger partial charge in [0.2, 0.25) is 0 Å². The van der Waals surface area contributed by atoms with Crippen LogP contribution >= 0.6 is 0 Å². The zero-order chi connectivity index (χ0) is 42.8. The van der Waals surface area contributed by atoms with Crippen LogP contribution in [0.1, 0.15) is 77.3 Å². The normalized spacial score (nSPS) is 21.3. The van der Waals surface area contributed by atoms with Crippen LogP contribution in [0.3, 0.4) is 0 Å². The van der Waals surface area contributed by atoms with Crippen LogP contribution in [0, 0.1) is 0 Å². The summed E-state index contributed by atoms with van der Waals surface area (Å²) in [5.41, 5.74) is 16.1. The van der Waals surface area contributed by atoms with E-state index in [0.29, 0.717) is 11.6 Å². The molecule has 0 unspecified atom stereocenters. The van der Waals surface area contributed by atoms with Gasteiger partial charge in [-0.05, 0) is 138 Å². The Morgan fingerprint density at radius 2 is 0.839 bits per heavy atom. The van der Waals surface area contributed by atoms with Gasteiger partial charge in [-0.3, -0.25) is 0 Å². The molecule has 4 aromatic carbocycles. The molecule has 0 spiro atoms. The van der Waals surface area contributed by atoms with Gasteiger partial charge in [-0.25, -0.2) is 29.3 Å². The summed E-state index contributed by atoms with van der Waals surface area (Å²) in [6, 6.07) is 35.3.